The molecule has 1 N–H and O–H groups in total. The number of aromatic nitrogens is 1. The zero-order valence-electron chi connectivity index (χ0n) is 16.8. The van der Waals surface area contributed by atoms with Crippen LogP contribution in [0.3, 0.4) is 0 Å². The van der Waals surface area contributed by atoms with E-state index in [2.05, 4.69) is 4.99 Å². The number of carbonyl (C=O) groups is 1. The molecule has 2 aromatic carbocycles. The highest BCUT2D eigenvalue weighted by atomic mass is 35.5. The van der Waals surface area contributed by atoms with Gasteiger partial charge in [-0.25, -0.2) is 9.79 Å². The molecule has 0 saturated carbocycles. The first-order valence-electron chi connectivity index (χ1n) is 9.64. The number of ether oxygens (including phenoxy) is 1. The van der Waals surface area contributed by atoms with Crippen molar-refractivity contribution in [2.45, 2.75) is 19.9 Å². The van der Waals surface area contributed by atoms with E-state index in [9.17, 15) is 14.7 Å². The molecule has 0 saturated heterocycles. The molecule has 0 fully saturated rings. The largest absolute Gasteiger partial charge is 0.507 e. The number of esters is 1. The molecule has 158 valence electrons. The SMILES string of the molecule is CCOC(=O)C1=C(C)N=c2s/c(=C\c3ccccc3O)c(=O)n2[C@H]1c1ccc(Cl)cc1. The molecule has 0 unspecified atom stereocenters. The Morgan fingerprint density at radius 2 is 1.97 bits per heavy atom. The molecule has 1 atom stereocenters. The normalized spacial score (nSPS) is 16.1. The highest BCUT2D eigenvalue weighted by Gasteiger charge is 2.33. The van der Waals surface area contributed by atoms with E-state index in [0.717, 1.165) is 5.56 Å². The van der Waals surface area contributed by atoms with Crippen molar-refractivity contribution >= 4 is 35.0 Å². The van der Waals surface area contributed by atoms with E-state index in [1.165, 1.54) is 15.9 Å². The lowest BCUT2D eigenvalue weighted by Gasteiger charge is -2.24. The van der Waals surface area contributed by atoms with Gasteiger partial charge in [0.2, 0.25) is 0 Å². The van der Waals surface area contributed by atoms with Crippen molar-refractivity contribution in [1.82, 2.24) is 4.57 Å². The number of halogens is 1. The Morgan fingerprint density at radius 1 is 1.26 bits per heavy atom. The van der Waals surface area contributed by atoms with Crippen LogP contribution in [0.25, 0.3) is 6.08 Å². The molecule has 1 aliphatic heterocycles. The van der Waals surface area contributed by atoms with Gasteiger partial charge < -0.3 is 9.84 Å². The van der Waals surface area contributed by atoms with Gasteiger partial charge in [0.15, 0.2) is 4.80 Å². The number of fused-ring (bicyclic) bond motifs is 1. The molecule has 4 rings (SSSR count). The smallest absolute Gasteiger partial charge is 0.338 e. The van der Waals surface area contributed by atoms with Crippen LogP contribution in [0.15, 0.2) is 69.6 Å². The number of nitrogens with zero attached hydrogens (tertiary/aromatic N) is 2. The van der Waals surface area contributed by atoms with Gasteiger partial charge in [-0.3, -0.25) is 9.36 Å². The maximum Gasteiger partial charge on any atom is 0.338 e. The van der Waals surface area contributed by atoms with E-state index in [4.69, 9.17) is 16.3 Å². The van der Waals surface area contributed by atoms with Crippen molar-refractivity contribution < 1.29 is 14.6 Å². The summed E-state index contributed by atoms with van der Waals surface area (Å²) in [5.41, 5.74) is 1.75. The van der Waals surface area contributed by atoms with Gasteiger partial charge in [0, 0.05) is 10.6 Å². The summed E-state index contributed by atoms with van der Waals surface area (Å²) in [6.07, 6.45) is 1.63. The lowest BCUT2D eigenvalue weighted by Crippen LogP contribution is -2.39. The van der Waals surface area contributed by atoms with Gasteiger partial charge in [0.05, 0.1) is 28.5 Å². The highest BCUT2D eigenvalue weighted by molar-refractivity contribution is 7.07. The number of phenolic OH excluding ortho intramolecular Hbond substituents is 1. The Hall–Kier alpha value is -3.16. The standard InChI is InChI=1S/C23H19ClN2O4S/c1-3-30-22(29)19-13(2)25-23-26(20(19)14-8-10-16(24)11-9-14)21(28)18(31-23)12-15-6-4-5-7-17(15)27/h4-12,20,27H,3H2,1-2H3/b18-12-/t20-/m0/s1. The number of para-hydroxylation sites is 1. The molecule has 3 aromatic rings. The zero-order chi connectivity index (χ0) is 22.1. The van der Waals surface area contributed by atoms with Gasteiger partial charge in [-0.15, -0.1) is 0 Å². The number of phenols is 1. The molecule has 1 aliphatic rings. The van der Waals surface area contributed by atoms with Crippen molar-refractivity contribution in [3.8, 4) is 5.75 Å². The van der Waals surface area contributed by atoms with E-state index >= 15 is 0 Å². The number of aromatic hydroxyl groups is 1. The second-order valence-corrected chi connectivity index (χ2v) is 8.36. The summed E-state index contributed by atoms with van der Waals surface area (Å²) < 4.78 is 7.16. The molecule has 1 aromatic heterocycles. The summed E-state index contributed by atoms with van der Waals surface area (Å²) >= 11 is 7.25. The van der Waals surface area contributed by atoms with E-state index in [0.29, 0.717) is 31.2 Å². The van der Waals surface area contributed by atoms with Crippen LogP contribution in [0.4, 0.5) is 0 Å². The van der Waals surface area contributed by atoms with Gasteiger partial charge >= 0.3 is 5.97 Å². The molecular weight excluding hydrogens is 436 g/mol. The first kappa shape index (κ1) is 21.1. The minimum absolute atomic E-state index is 0.0750. The fourth-order valence-electron chi connectivity index (χ4n) is 3.50. The van der Waals surface area contributed by atoms with Crippen LogP contribution in [0, 0.1) is 0 Å². The Balaban J connectivity index is 1.97. The number of thiazole rings is 1. The van der Waals surface area contributed by atoms with Crippen LogP contribution in [-0.2, 0) is 9.53 Å². The van der Waals surface area contributed by atoms with Crippen molar-refractivity contribution in [3.05, 3.63) is 95.6 Å². The van der Waals surface area contributed by atoms with Crippen molar-refractivity contribution in [2.24, 2.45) is 4.99 Å². The second kappa shape index (κ2) is 8.53. The molecule has 8 heteroatoms. The van der Waals surface area contributed by atoms with Crippen LogP contribution in [-0.4, -0.2) is 22.2 Å². The third kappa shape index (κ3) is 3.94. The first-order chi connectivity index (χ1) is 14.9. The molecule has 31 heavy (non-hydrogen) atoms. The fourth-order valence-corrected chi connectivity index (χ4v) is 4.67. The van der Waals surface area contributed by atoms with Gasteiger partial charge in [0.25, 0.3) is 5.56 Å². The maximum absolute atomic E-state index is 13.4. The number of allylic oxidation sites excluding steroid dienone is 1. The quantitative estimate of drug-likeness (QED) is 0.614. The molecule has 0 bridgehead atoms. The molecular formula is C23H19ClN2O4S. The van der Waals surface area contributed by atoms with Crippen LogP contribution in [0.2, 0.25) is 5.02 Å². The lowest BCUT2D eigenvalue weighted by molar-refractivity contribution is -0.139. The van der Waals surface area contributed by atoms with Gasteiger partial charge in [-0.2, -0.15) is 0 Å². The topological polar surface area (TPSA) is 80.9 Å². The molecule has 6 nitrogen and oxygen atoms in total. The predicted molar refractivity (Wildman–Crippen MR) is 120 cm³/mol. The van der Waals surface area contributed by atoms with E-state index in [-0.39, 0.29) is 17.9 Å². The van der Waals surface area contributed by atoms with Gasteiger partial charge in [0.1, 0.15) is 5.75 Å². The highest BCUT2D eigenvalue weighted by Crippen LogP contribution is 2.31. The first-order valence-corrected chi connectivity index (χ1v) is 10.8. The minimum atomic E-state index is -0.695. The number of rotatable bonds is 4. The number of hydrogen-bond acceptors (Lipinski definition) is 6. The Labute approximate surface area is 187 Å². The Bertz CT molecular complexity index is 1370. The van der Waals surface area contributed by atoms with E-state index < -0.39 is 12.0 Å². The molecule has 0 aliphatic carbocycles. The van der Waals surface area contributed by atoms with Crippen LogP contribution >= 0.6 is 22.9 Å². The van der Waals surface area contributed by atoms with Crippen LogP contribution in [0.1, 0.15) is 31.0 Å². The molecule has 0 radical (unpaired) electrons. The molecule has 2 heterocycles. The zero-order valence-corrected chi connectivity index (χ0v) is 18.4. The molecule has 0 spiro atoms. The fraction of sp³-hybridized carbons (Fsp3) is 0.174. The third-order valence-electron chi connectivity index (χ3n) is 4.93. The summed E-state index contributed by atoms with van der Waals surface area (Å²) in [4.78, 5) is 31.2. The summed E-state index contributed by atoms with van der Waals surface area (Å²) in [5.74, 6) is -0.440. The lowest BCUT2D eigenvalue weighted by atomic mass is 9.96. The minimum Gasteiger partial charge on any atom is -0.507 e. The van der Waals surface area contributed by atoms with Crippen molar-refractivity contribution in [1.29, 1.82) is 0 Å². The van der Waals surface area contributed by atoms with Crippen molar-refractivity contribution in [3.63, 3.8) is 0 Å². The second-order valence-electron chi connectivity index (χ2n) is 6.91. The average molecular weight is 455 g/mol. The predicted octanol–water partition coefficient (Wildman–Crippen LogP) is 3.16. The van der Waals surface area contributed by atoms with Crippen LogP contribution in [0.5, 0.6) is 5.75 Å². The van der Waals surface area contributed by atoms with Crippen LogP contribution < -0.4 is 14.9 Å². The Morgan fingerprint density at radius 3 is 2.65 bits per heavy atom. The summed E-state index contributed by atoms with van der Waals surface area (Å²) in [6.45, 7) is 3.67. The summed E-state index contributed by atoms with van der Waals surface area (Å²) in [7, 11) is 0. The monoisotopic (exact) mass is 454 g/mol. The average Bonchev–Trinajstić information content (AvgIpc) is 3.04. The Kier molecular flexibility index (Phi) is 5.80. The van der Waals surface area contributed by atoms with Gasteiger partial charge in [-0.05, 0) is 43.7 Å². The summed E-state index contributed by atoms with van der Waals surface area (Å²) in [5, 5.41) is 10.6. The number of hydrogen-bond donors (Lipinski definition) is 1. The number of benzene rings is 2. The van der Waals surface area contributed by atoms with E-state index in [1.807, 2.05) is 0 Å². The maximum atomic E-state index is 13.4. The van der Waals surface area contributed by atoms with Gasteiger partial charge in [-0.1, -0.05) is 53.3 Å². The van der Waals surface area contributed by atoms with Crippen molar-refractivity contribution in [2.75, 3.05) is 6.61 Å². The third-order valence-corrected chi connectivity index (χ3v) is 6.16. The molecule has 0 amide bonds. The number of carbonyl (C=O) groups excluding carboxylic acids is 1. The summed E-state index contributed by atoms with van der Waals surface area (Å²) in [6, 6.07) is 13.1. The van der Waals surface area contributed by atoms with E-state index in [1.54, 1.807) is 68.5 Å².